The van der Waals surface area contributed by atoms with Crippen molar-refractivity contribution in [1.82, 2.24) is 0 Å². The zero-order valence-electron chi connectivity index (χ0n) is 3.76. The van der Waals surface area contributed by atoms with Gasteiger partial charge < -0.3 is 0 Å². The van der Waals surface area contributed by atoms with Gasteiger partial charge in [-0.15, -0.1) is 0 Å². The van der Waals surface area contributed by atoms with E-state index in [4.69, 9.17) is 11.6 Å². The molecule has 0 aromatic heterocycles. The molecule has 0 saturated carbocycles. The summed E-state index contributed by atoms with van der Waals surface area (Å²) in [5.41, 5.74) is 0. The molecular weight excluding hydrogens is 163 g/mol. The zero-order valence-corrected chi connectivity index (χ0v) is 6.10. The molecule has 0 rings (SSSR count). The van der Waals surface area contributed by atoms with Gasteiger partial charge in [0.15, 0.2) is 0 Å². The van der Waals surface area contributed by atoms with E-state index in [2.05, 4.69) is 15.9 Å². The second-order valence-corrected chi connectivity index (χ2v) is 2.82. The van der Waals surface area contributed by atoms with E-state index >= 15 is 0 Å². The van der Waals surface area contributed by atoms with E-state index in [1.807, 2.05) is 13.8 Å². The van der Waals surface area contributed by atoms with Crippen molar-refractivity contribution in [3.05, 3.63) is 9.51 Å². The van der Waals surface area contributed by atoms with Gasteiger partial charge >= 0.3 is 0 Å². The second-order valence-electron chi connectivity index (χ2n) is 1.07. The Morgan fingerprint density at radius 2 is 1.67 bits per heavy atom. The lowest BCUT2D eigenvalue weighted by Crippen LogP contribution is -1.56. The van der Waals surface area contributed by atoms with E-state index in [-0.39, 0.29) is 0 Å². The van der Waals surface area contributed by atoms with Gasteiger partial charge in [0.1, 0.15) is 0 Å². The van der Waals surface area contributed by atoms with Crippen LogP contribution in [0.4, 0.5) is 0 Å². The minimum Gasteiger partial charge on any atom is -0.0886 e. The molecule has 0 N–H and O–H groups in total. The van der Waals surface area contributed by atoms with Gasteiger partial charge in [-0.1, -0.05) is 27.5 Å². The van der Waals surface area contributed by atoms with Gasteiger partial charge in [-0.25, -0.2) is 0 Å². The molecule has 0 aliphatic heterocycles. The average Bonchev–Trinajstić information content (AvgIpc) is 1.36. The first-order chi connectivity index (χ1) is 2.64. The topological polar surface area (TPSA) is 0 Å². The van der Waals surface area contributed by atoms with Gasteiger partial charge in [-0.3, -0.25) is 0 Å². The van der Waals surface area contributed by atoms with Gasteiger partial charge in [0.05, 0.1) is 0 Å². The largest absolute Gasteiger partial charge is 0.0886 e. The average molecular weight is 169 g/mol. The molecule has 6 heavy (non-hydrogen) atoms. The van der Waals surface area contributed by atoms with E-state index in [1.165, 1.54) is 0 Å². The first-order valence-electron chi connectivity index (χ1n) is 1.63. The fourth-order valence-corrected chi connectivity index (χ4v) is 0. The summed E-state index contributed by atoms with van der Waals surface area (Å²) in [6.07, 6.45) is 0. The van der Waals surface area contributed by atoms with Gasteiger partial charge in [-0.2, -0.15) is 0 Å². The molecule has 0 saturated heterocycles. The number of hydrogen-bond acceptors (Lipinski definition) is 0. The standard InChI is InChI=1S/C4H6BrCl/c1-3(5)4(2)6/h1-2H3/b4-3+. The molecule has 0 heterocycles. The van der Waals surface area contributed by atoms with Gasteiger partial charge in [0.25, 0.3) is 0 Å². The molecule has 0 spiro atoms. The quantitative estimate of drug-likeness (QED) is 0.523. The van der Waals surface area contributed by atoms with Crippen molar-refractivity contribution >= 4 is 27.5 Å². The van der Waals surface area contributed by atoms with Crippen molar-refractivity contribution in [3.8, 4) is 0 Å². The lowest BCUT2D eigenvalue weighted by Gasteiger charge is -1.82. The molecular formula is C4H6BrCl. The summed E-state index contributed by atoms with van der Waals surface area (Å²) in [4.78, 5) is 0. The molecule has 0 aliphatic rings. The lowest BCUT2D eigenvalue weighted by molar-refractivity contribution is 1.56. The van der Waals surface area contributed by atoms with Crippen LogP contribution in [0.3, 0.4) is 0 Å². The van der Waals surface area contributed by atoms with Crippen LogP contribution in [0.15, 0.2) is 9.51 Å². The molecule has 0 fully saturated rings. The van der Waals surface area contributed by atoms with Gasteiger partial charge in [0, 0.05) is 9.51 Å². The maximum atomic E-state index is 5.45. The van der Waals surface area contributed by atoms with Crippen LogP contribution in [0.2, 0.25) is 0 Å². The highest BCUT2D eigenvalue weighted by atomic mass is 79.9. The van der Waals surface area contributed by atoms with Crippen molar-refractivity contribution in [2.45, 2.75) is 13.8 Å². The number of hydrogen-bond donors (Lipinski definition) is 0. The Morgan fingerprint density at radius 3 is 1.67 bits per heavy atom. The van der Waals surface area contributed by atoms with Crippen molar-refractivity contribution in [1.29, 1.82) is 0 Å². The molecule has 36 valence electrons. The Kier molecular flexibility index (Phi) is 2.87. The Hall–Kier alpha value is 0.510. The number of rotatable bonds is 0. The Bertz CT molecular complexity index is 57.6. The summed E-state index contributed by atoms with van der Waals surface area (Å²) >= 11 is 8.63. The summed E-state index contributed by atoms with van der Waals surface area (Å²) in [5, 5.41) is 0.815. The smallest absolute Gasteiger partial charge is 0.0248 e. The molecule has 0 aromatic carbocycles. The van der Waals surface area contributed by atoms with Crippen molar-refractivity contribution < 1.29 is 0 Å². The third-order valence-corrected chi connectivity index (χ3v) is 1.58. The highest BCUT2D eigenvalue weighted by Gasteiger charge is 1.80. The second kappa shape index (κ2) is 2.64. The normalized spacial score (nSPS) is 14.0. The van der Waals surface area contributed by atoms with Crippen LogP contribution in [0, 0.1) is 0 Å². The predicted octanol–water partition coefficient (Wildman–Crippen LogP) is 2.87. The summed E-state index contributed by atoms with van der Waals surface area (Å²) in [6.45, 7) is 3.74. The molecule has 0 aliphatic carbocycles. The lowest BCUT2D eigenvalue weighted by atomic mass is 10.6. The number of allylic oxidation sites excluding steroid dienone is 2. The van der Waals surface area contributed by atoms with Crippen LogP contribution in [0.5, 0.6) is 0 Å². The summed E-state index contributed by atoms with van der Waals surface area (Å²) in [6, 6.07) is 0. The molecule has 0 aromatic rings. The van der Waals surface area contributed by atoms with E-state index in [0.29, 0.717) is 0 Å². The van der Waals surface area contributed by atoms with E-state index in [0.717, 1.165) is 9.51 Å². The van der Waals surface area contributed by atoms with Crippen molar-refractivity contribution in [3.63, 3.8) is 0 Å². The highest BCUT2D eigenvalue weighted by Crippen LogP contribution is 2.12. The molecule has 0 atom stereocenters. The summed E-state index contributed by atoms with van der Waals surface area (Å²) in [5.74, 6) is 0. The van der Waals surface area contributed by atoms with Crippen molar-refractivity contribution in [2.24, 2.45) is 0 Å². The third kappa shape index (κ3) is 2.73. The molecule has 0 nitrogen and oxygen atoms in total. The van der Waals surface area contributed by atoms with Crippen LogP contribution in [0.1, 0.15) is 13.8 Å². The molecule has 0 radical (unpaired) electrons. The van der Waals surface area contributed by atoms with Gasteiger partial charge in [-0.05, 0) is 13.8 Å². The van der Waals surface area contributed by atoms with Gasteiger partial charge in [0.2, 0.25) is 0 Å². The zero-order chi connectivity index (χ0) is 5.15. The molecule has 0 unspecified atom stereocenters. The Morgan fingerprint density at radius 1 is 1.50 bits per heavy atom. The Balaban J connectivity index is 3.68. The molecule has 2 heteroatoms. The minimum atomic E-state index is 0.815. The van der Waals surface area contributed by atoms with E-state index in [9.17, 15) is 0 Å². The molecule has 0 amide bonds. The first-order valence-corrected chi connectivity index (χ1v) is 2.80. The highest BCUT2D eigenvalue weighted by molar-refractivity contribution is 9.11. The van der Waals surface area contributed by atoms with E-state index in [1.54, 1.807) is 0 Å². The first kappa shape index (κ1) is 6.51. The summed E-state index contributed by atoms with van der Waals surface area (Å²) in [7, 11) is 0. The van der Waals surface area contributed by atoms with Crippen LogP contribution in [0.25, 0.3) is 0 Å². The summed E-state index contributed by atoms with van der Waals surface area (Å²) < 4.78 is 1.00. The fraction of sp³-hybridized carbons (Fsp3) is 0.500. The van der Waals surface area contributed by atoms with E-state index < -0.39 is 0 Å². The monoisotopic (exact) mass is 168 g/mol. The van der Waals surface area contributed by atoms with Crippen LogP contribution >= 0.6 is 27.5 Å². The van der Waals surface area contributed by atoms with Crippen LogP contribution < -0.4 is 0 Å². The molecule has 0 bridgehead atoms. The minimum absolute atomic E-state index is 0.815. The maximum Gasteiger partial charge on any atom is 0.0248 e. The number of halogens is 2. The van der Waals surface area contributed by atoms with Crippen LogP contribution in [-0.4, -0.2) is 0 Å². The SMILES string of the molecule is C/C(Cl)=C(/C)Br. The van der Waals surface area contributed by atoms with Crippen LogP contribution in [-0.2, 0) is 0 Å². The Labute approximate surface area is 51.3 Å². The van der Waals surface area contributed by atoms with Crippen molar-refractivity contribution in [2.75, 3.05) is 0 Å². The fourth-order valence-electron chi connectivity index (χ4n) is 0. The predicted molar refractivity (Wildman–Crippen MR) is 33.2 cm³/mol. The maximum absolute atomic E-state index is 5.45. The third-order valence-electron chi connectivity index (χ3n) is 0.475.